The number of para-hydroxylation sites is 1. The third-order valence-corrected chi connectivity index (χ3v) is 5.47. The van der Waals surface area contributed by atoms with Crippen molar-refractivity contribution >= 4 is 17.2 Å². The van der Waals surface area contributed by atoms with Crippen molar-refractivity contribution in [2.24, 2.45) is 0 Å². The molecule has 0 spiro atoms. The van der Waals surface area contributed by atoms with Gasteiger partial charge in [0.05, 0.1) is 20.8 Å². The molecule has 0 saturated heterocycles. The standard InChI is InChI=1S/C22H26N4O3S/c1-15-8-10-16(11-9-15)12-23-21(27)22-25-24-19(30-22)14-26(2)13-17-6-5-7-18(28-3)20(17)29-4/h5-11H,12-14H2,1-4H3,(H,23,27). The second-order valence-electron chi connectivity index (χ2n) is 6.99. The maximum atomic E-state index is 12.4. The summed E-state index contributed by atoms with van der Waals surface area (Å²) in [5, 5.41) is 12.3. The maximum Gasteiger partial charge on any atom is 0.282 e. The van der Waals surface area contributed by atoms with E-state index in [0.717, 1.165) is 21.9 Å². The van der Waals surface area contributed by atoms with Gasteiger partial charge in [-0.15, -0.1) is 10.2 Å². The van der Waals surface area contributed by atoms with Gasteiger partial charge in [-0.3, -0.25) is 9.69 Å². The van der Waals surface area contributed by atoms with E-state index in [-0.39, 0.29) is 5.91 Å². The Hall–Kier alpha value is -2.97. The van der Waals surface area contributed by atoms with Crippen LogP contribution in [0.5, 0.6) is 11.5 Å². The fraction of sp³-hybridized carbons (Fsp3) is 0.318. The number of methoxy groups -OCH3 is 2. The molecule has 0 radical (unpaired) electrons. The summed E-state index contributed by atoms with van der Waals surface area (Å²) in [4.78, 5) is 14.5. The van der Waals surface area contributed by atoms with E-state index < -0.39 is 0 Å². The predicted octanol–water partition coefficient (Wildman–Crippen LogP) is 3.43. The van der Waals surface area contributed by atoms with Crippen molar-refractivity contribution in [3.05, 3.63) is 69.2 Å². The van der Waals surface area contributed by atoms with Gasteiger partial charge in [0.15, 0.2) is 11.5 Å². The van der Waals surface area contributed by atoms with Crippen molar-refractivity contribution in [2.75, 3.05) is 21.3 Å². The highest BCUT2D eigenvalue weighted by atomic mass is 32.1. The minimum atomic E-state index is -0.212. The molecule has 30 heavy (non-hydrogen) atoms. The monoisotopic (exact) mass is 426 g/mol. The third-order valence-electron chi connectivity index (χ3n) is 4.56. The summed E-state index contributed by atoms with van der Waals surface area (Å²) in [6.45, 7) is 3.72. The molecule has 8 heteroatoms. The zero-order chi connectivity index (χ0) is 21.5. The number of aryl methyl sites for hydroxylation is 1. The van der Waals surface area contributed by atoms with Gasteiger partial charge in [-0.25, -0.2) is 0 Å². The smallest absolute Gasteiger partial charge is 0.282 e. The number of ether oxygens (including phenoxy) is 2. The molecule has 2 aromatic carbocycles. The van der Waals surface area contributed by atoms with Gasteiger partial charge in [0.25, 0.3) is 5.91 Å². The highest BCUT2D eigenvalue weighted by Crippen LogP contribution is 2.31. The minimum Gasteiger partial charge on any atom is -0.493 e. The van der Waals surface area contributed by atoms with Crippen LogP contribution < -0.4 is 14.8 Å². The van der Waals surface area contributed by atoms with Crippen LogP contribution in [0.15, 0.2) is 42.5 Å². The summed E-state index contributed by atoms with van der Waals surface area (Å²) in [7, 11) is 5.24. The first-order valence-corrected chi connectivity index (χ1v) is 10.4. The molecule has 1 N–H and O–H groups in total. The van der Waals surface area contributed by atoms with E-state index in [0.29, 0.717) is 30.4 Å². The van der Waals surface area contributed by atoms with Crippen LogP contribution in [-0.2, 0) is 19.6 Å². The fourth-order valence-electron chi connectivity index (χ4n) is 3.03. The quantitative estimate of drug-likeness (QED) is 0.565. The molecule has 1 heterocycles. The molecule has 0 unspecified atom stereocenters. The predicted molar refractivity (Wildman–Crippen MR) is 117 cm³/mol. The second-order valence-corrected chi connectivity index (χ2v) is 8.06. The largest absolute Gasteiger partial charge is 0.493 e. The first kappa shape index (κ1) is 21.7. The summed E-state index contributed by atoms with van der Waals surface area (Å²) in [6, 6.07) is 13.9. The Kier molecular flexibility index (Phi) is 7.37. The zero-order valence-electron chi connectivity index (χ0n) is 17.6. The van der Waals surface area contributed by atoms with Gasteiger partial charge < -0.3 is 14.8 Å². The van der Waals surface area contributed by atoms with Crippen LogP contribution in [0.25, 0.3) is 0 Å². The summed E-state index contributed by atoms with van der Waals surface area (Å²) in [5.41, 5.74) is 3.25. The van der Waals surface area contributed by atoms with Gasteiger partial charge in [-0.05, 0) is 25.6 Å². The van der Waals surface area contributed by atoms with Crippen LogP contribution >= 0.6 is 11.3 Å². The van der Waals surface area contributed by atoms with E-state index in [1.165, 1.54) is 16.9 Å². The van der Waals surface area contributed by atoms with Crippen molar-refractivity contribution in [1.29, 1.82) is 0 Å². The molecular weight excluding hydrogens is 400 g/mol. The number of benzene rings is 2. The van der Waals surface area contributed by atoms with Crippen molar-refractivity contribution < 1.29 is 14.3 Å². The zero-order valence-corrected chi connectivity index (χ0v) is 18.5. The average molecular weight is 427 g/mol. The summed E-state index contributed by atoms with van der Waals surface area (Å²) in [5.74, 6) is 1.21. The van der Waals surface area contributed by atoms with Crippen LogP contribution in [0.2, 0.25) is 0 Å². The van der Waals surface area contributed by atoms with Crippen molar-refractivity contribution in [1.82, 2.24) is 20.4 Å². The lowest BCUT2D eigenvalue weighted by Gasteiger charge is -2.18. The molecule has 0 saturated carbocycles. The van der Waals surface area contributed by atoms with Crippen LogP contribution in [0.1, 0.15) is 31.5 Å². The summed E-state index contributed by atoms with van der Waals surface area (Å²) >= 11 is 1.30. The third kappa shape index (κ3) is 5.55. The Morgan fingerprint density at radius 1 is 1.07 bits per heavy atom. The van der Waals surface area contributed by atoms with Crippen molar-refractivity contribution in [2.45, 2.75) is 26.6 Å². The average Bonchev–Trinajstić information content (AvgIpc) is 3.21. The molecule has 0 aliphatic carbocycles. The first-order valence-electron chi connectivity index (χ1n) is 9.54. The Balaban J connectivity index is 1.57. The van der Waals surface area contributed by atoms with Crippen LogP contribution in [-0.4, -0.2) is 42.3 Å². The molecule has 7 nitrogen and oxygen atoms in total. The van der Waals surface area contributed by atoms with Crippen LogP contribution in [0, 0.1) is 6.92 Å². The van der Waals surface area contributed by atoms with Crippen molar-refractivity contribution in [3.63, 3.8) is 0 Å². The summed E-state index contributed by atoms with van der Waals surface area (Å²) < 4.78 is 10.9. The number of carbonyl (C=O) groups excluding carboxylic acids is 1. The van der Waals surface area contributed by atoms with E-state index in [9.17, 15) is 4.79 Å². The van der Waals surface area contributed by atoms with E-state index in [4.69, 9.17) is 9.47 Å². The molecule has 1 aromatic heterocycles. The Bertz CT molecular complexity index is 988. The number of amides is 1. The number of hydrogen-bond acceptors (Lipinski definition) is 7. The van der Waals surface area contributed by atoms with E-state index >= 15 is 0 Å². The molecule has 3 aromatic rings. The summed E-state index contributed by atoms with van der Waals surface area (Å²) in [6.07, 6.45) is 0. The lowest BCUT2D eigenvalue weighted by molar-refractivity contribution is 0.0950. The Morgan fingerprint density at radius 3 is 2.53 bits per heavy atom. The molecule has 0 bridgehead atoms. The molecule has 0 aliphatic heterocycles. The number of nitrogens with one attached hydrogen (secondary N) is 1. The van der Waals surface area contributed by atoms with Gasteiger partial charge in [-0.2, -0.15) is 0 Å². The van der Waals surface area contributed by atoms with Gasteiger partial charge in [0.2, 0.25) is 5.01 Å². The van der Waals surface area contributed by atoms with Crippen LogP contribution in [0.4, 0.5) is 0 Å². The van der Waals surface area contributed by atoms with Crippen LogP contribution in [0.3, 0.4) is 0 Å². The second kappa shape index (κ2) is 10.2. The molecule has 158 valence electrons. The van der Waals surface area contributed by atoms with Crippen molar-refractivity contribution in [3.8, 4) is 11.5 Å². The van der Waals surface area contributed by atoms with Gasteiger partial charge >= 0.3 is 0 Å². The number of rotatable bonds is 9. The van der Waals surface area contributed by atoms with E-state index in [2.05, 4.69) is 20.4 Å². The fourth-order valence-corrected chi connectivity index (χ4v) is 3.87. The number of hydrogen-bond donors (Lipinski definition) is 1. The highest BCUT2D eigenvalue weighted by molar-refractivity contribution is 7.13. The maximum absolute atomic E-state index is 12.4. The lowest BCUT2D eigenvalue weighted by atomic mass is 10.1. The molecular formula is C22H26N4O3S. The topological polar surface area (TPSA) is 76.6 Å². The normalized spacial score (nSPS) is 10.8. The number of aromatic nitrogens is 2. The highest BCUT2D eigenvalue weighted by Gasteiger charge is 2.16. The lowest BCUT2D eigenvalue weighted by Crippen LogP contribution is -2.22. The van der Waals surface area contributed by atoms with Gasteiger partial charge in [-0.1, -0.05) is 53.3 Å². The Labute approximate surface area is 180 Å². The molecule has 0 aliphatic rings. The van der Waals surface area contributed by atoms with E-state index in [1.807, 2.05) is 56.4 Å². The van der Waals surface area contributed by atoms with E-state index in [1.54, 1.807) is 14.2 Å². The first-order chi connectivity index (χ1) is 14.5. The Morgan fingerprint density at radius 2 is 1.83 bits per heavy atom. The van der Waals surface area contributed by atoms with Gasteiger partial charge in [0, 0.05) is 18.7 Å². The molecule has 1 amide bonds. The molecule has 3 rings (SSSR count). The van der Waals surface area contributed by atoms with Gasteiger partial charge in [0.1, 0.15) is 5.01 Å². The minimum absolute atomic E-state index is 0.212. The molecule has 0 atom stereocenters. The number of nitrogens with zero attached hydrogens (tertiary/aromatic N) is 3. The number of carbonyl (C=O) groups is 1. The molecule has 0 fully saturated rings. The SMILES string of the molecule is COc1cccc(CN(C)Cc2nnc(C(=O)NCc3ccc(C)cc3)s2)c1OC.